The Kier molecular flexibility index (Phi) is 5.50. The Labute approximate surface area is 107 Å². The van der Waals surface area contributed by atoms with Crippen LogP contribution in [0, 0.1) is 5.92 Å². The molecule has 17 heavy (non-hydrogen) atoms. The highest BCUT2D eigenvalue weighted by atomic mass is 32.2. The number of nitrogen functional groups attached to an aromatic ring is 1. The molecule has 1 aromatic heterocycles. The second-order valence-electron chi connectivity index (χ2n) is 4.35. The molecule has 0 aromatic carbocycles. The predicted molar refractivity (Wildman–Crippen MR) is 74.3 cm³/mol. The summed E-state index contributed by atoms with van der Waals surface area (Å²) in [5.41, 5.74) is 2.57. The normalized spacial score (nSPS) is 10.7. The van der Waals surface area contributed by atoms with Gasteiger partial charge in [0.2, 0.25) is 0 Å². The molecule has 1 rings (SSSR count). The number of rotatable bonds is 6. The number of hydrogen-bond acceptors (Lipinski definition) is 6. The molecule has 0 saturated carbocycles. The fourth-order valence-electron chi connectivity index (χ4n) is 1.34. The van der Waals surface area contributed by atoms with Crippen molar-refractivity contribution in [2.24, 2.45) is 11.8 Å². The van der Waals surface area contributed by atoms with E-state index in [2.05, 4.69) is 34.1 Å². The third-order valence-electron chi connectivity index (χ3n) is 2.46. The lowest BCUT2D eigenvalue weighted by molar-refractivity contribution is 0.583. The van der Waals surface area contributed by atoms with Gasteiger partial charge >= 0.3 is 0 Å². The van der Waals surface area contributed by atoms with Gasteiger partial charge in [0.05, 0.1) is 0 Å². The van der Waals surface area contributed by atoms with Gasteiger partial charge in [0, 0.05) is 19.7 Å². The summed E-state index contributed by atoms with van der Waals surface area (Å²) in [6.07, 6.45) is 3.09. The molecular weight excluding hydrogens is 234 g/mol. The van der Waals surface area contributed by atoms with Crippen LogP contribution in [0.1, 0.15) is 20.3 Å². The molecule has 5 nitrogen and oxygen atoms in total. The molecule has 0 aliphatic rings. The Balaban J connectivity index is 2.80. The first-order valence-electron chi connectivity index (χ1n) is 5.67. The Morgan fingerprint density at radius 1 is 1.47 bits per heavy atom. The zero-order chi connectivity index (χ0) is 12.8. The number of nitrogens with two attached hydrogens (primary N) is 1. The van der Waals surface area contributed by atoms with E-state index in [9.17, 15) is 0 Å². The summed E-state index contributed by atoms with van der Waals surface area (Å²) in [5, 5.41) is 0.729. The lowest BCUT2D eigenvalue weighted by Gasteiger charge is -2.20. The average Bonchev–Trinajstić information content (AvgIpc) is 2.34. The van der Waals surface area contributed by atoms with Gasteiger partial charge in [-0.05, 0) is 18.6 Å². The summed E-state index contributed by atoms with van der Waals surface area (Å²) < 4.78 is 0. The quantitative estimate of drug-likeness (QED) is 0.350. The summed E-state index contributed by atoms with van der Waals surface area (Å²) >= 11 is 1.51. The zero-order valence-electron chi connectivity index (χ0n) is 10.9. The lowest BCUT2D eigenvalue weighted by atomic mass is 10.1. The van der Waals surface area contributed by atoms with E-state index in [0.29, 0.717) is 11.7 Å². The topological polar surface area (TPSA) is 67.1 Å². The third-order valence-corrected chi connectivity index (χ3v) is 3.00. The molecule has 6 heteroatoms. The molecular formula is C11H21N5S. The highest BCUT2D eigenvalue weighted by molar-refractivity contribution is 7.98. The van der Waals surface area contributed by atoms with Crippen molar-refractivity contribution in [2.75, 3.05) is 30.2 Å². The Bertz CT molecular complexity index is 333. The number of nitrogens with one attached hydrogen (secondary N) is 1. The van der Waals surface area contributed by atoms with Gasteiger partial charge in [-0.15, -0.1) is 0 Å². The van der Waals surface area contributed by atoms with E-state index < -0.39 is 0 Å². The monoisotopic (exact) mass is 255 g/mol. The standard InChI is InChI=1S/C11H21N5S/c1-8(2)5-6-16(3)10-7-9(15-12)13-11(14-10)17-4/h7-8H,5-6,12H2,1-4H3,(H,13,14,15). The number of aromatic nitrogens is 2. The predicted octanol–water partition coefficient (Wildman–Crippen LogP) is 1.97. The van der Waals surface area contributed by atoms with Crippen LogP contribution in [-0.4, -0.2) is 29.8 Å². The second kappa shape index (κ2) is 6.66. The van der Waals surface area contributed by atoms with Gasteiger partial charge in [0.1, 0.15) is 11.6 Å². The molecule has 0 unspecified atom stereocenters. The van der Waals surface area contributed by atoms with E-state index in [-0.39, 0.29) is 0 Å². The first-order valence-corrected chi connectivity index (χ1v) is 6.90. The Morgan fingerprint density at radius 2 is 2.18 bits per heavy atom. The summed E-state index contributed by atoms with van der Waals surface area (Å²) in [6, 6.07) is 1.86. The first kappa shape index (κ1) is 14.1. The molecule has 0 aliphatic heterocycles. The largest absolute Gasteiger partial charge is 0.359 e. The van der Waals surface area contributed by atoms with Crippen molar-refractivity contribution in [3.8, 4) is 0 Å². The van der Waals surface area contributed by atoms with E-state index in [0.717, 1.165) is 23.9 Å². The molecule has 0 spiro atoms. The van der Waals surface area contributed by atoms with Crippen LogP contribution in [0.15, 0.2) is 11.2 Å². The summed E-state index contributed by atoms with van der Waals surface area (Å²) in [5.74, 6) is 7.63. The molecule has 0 atom stereocenters. The zero-order valence-corrected chi connectivity index (χ0v) is 11.7. The van der Waals surface area contributed by atoms with Crippen LogP contribution >= 0.6 is 11.8 Å². The van der Waals surface area contributed by atoms with Gasteiger partial charge in [0.25, 0.3) is 0 Å². The van der Waals surface area contributed by atoms with Crippen molar-refractivity contribution in [1.82, 2.24) is 9.97 Å². The number of thioether (sulfide) groups is 1. The van der Waals surface area contributed by atoms with E-state index >= 15 is 0 Å². The van der Waals surface area contributed by atoms with Crippen LogP contribution < -0.4 is 16.2 Å². The molecule has 0 amide bonds. The highest BCUT2D eigenvalue weighted by Crippen LogP contribution is 2.19. The minimum Gasteiger partial charge on any atom is -0.359 e. The molecule has 0 radical (unpaired) electrons. The maximum absolute atomic E-state index is 5.40. The molecule has 96 valence electrons. The molecule has 0 saturated heterocycles. The smallest absolute Gasteiger partial charge is 0.191 e. The molecule has 1 aromatic rings. The number of hydrazine groups is 1. The molecule has 0 bridgehead atoms. The fourth-order valence-corrected chi connectivity index (χ4v) is 1.71. The summed E-state index contributed by atoms with van der Waals surface area (Å²) in [7, 11) is 2.04. The van der Waals surface area contributed by atoms with Crippen molar-refractivity contribution in [3.63, 3.8) is 0 Å². The van der Waals surface area contributed by atoms with Crippen molar-refractivity contribution in [1.29, 1.82) is 0 Å². The van der Waals surface area contributed by atoms with Gasteiger partial charge in [-0.3, -0.25) is 0 Å². The molecule has 0 fully saturated rings. The lowest BCUT2D eigenvalue weighted by Crippen LogP contribution is -2.22. The fraction of sp³-hybridized carbons (Fsp3) is 0.636. The van der Waals surface area contributed by atoms with Crippen molar-refractivity contribution < 1.29 is 0 Å². The first-order chi connectivity index (χ1) is 8.06. The van der Waals surface area contributed by atoms with Gasteiger partial charge in [-0.25, -0.2) is 15.8 Å². The maximum atomic E-state index is 5.40. The van der Waals surface area contributed by atoms with E-state index in [1.54, 1.807) is 0 Å². The average molecular weight is 255 g/mol. The minimum absolute atomic E-state index is 0.649. The third kappa shape index (κ3) is 4.40. The van der Waals surface area contributed by atoms with E-state index in [1.807, 2.05) is 19.4 Å². The van der Waals surface area contributed by atoms with E-state index in [1.165, 1.54) is 11.8 Å². The Morgan fingerprint density at radius 3 is 2.71 bits per heavy atom. The van der Waals surface area contributed by atoms with Gasteiger partial charge < -0.3 is 10.3 Å². The van der Waals surface area contributed by atoms with Crippen LogP contribution in [0.3, 0.4) is 0 Å². The molecule has 1 heterocycles. The number of anilines is 2. The highest BCUT2D eigenvalue weighted by Gasteiger charge is 2.08. The van der Waals surface area contributed by atoms with Crippen LogP contribution in [0.2, 0.25) is 0 Å². The van der Waals surface area contributed by atoms with Crippen molar-refractivity contribution >= 4 is 23.4 Å². The van der Waals surface area contributed by atoms with Crippen LogP contribution in [-0.2, 0) is 0 Å². The second-order valence-corrected chi connectivity index (χ2v) is 5.12. The number of nitrogens with zero attached hydrogens (tertiary/aromatic N) is 3. The van der Waals surface area contributed by atoms with Crippen LogP contribution in [0.25, 0.3) is 0 Å². The van der Waals surface area contributed by atoms with Gasteiger partial charge in [0.15, 0.2) is 5.16 Å². The molecule has 3 N–H and O–H groups in total. The Hall–Kier alpha value is -1.01. The summed E-state index contributed by atoms with van der Waals surface area (Å²) in [4.78, 5) is 10.8. The SMILES string of the molecule is CSc1nc(NN)cc(N(C)CCC(C)C)n1. The number of hydrogen-bond donors (Lipinski definition) is 2. The summed E-state index contributed by atoms with van der Waals surface area (Å²) in [6.45, 7) is 5.41. The van der Waals surface area contributed by atoms with Gasteiger partial charge in [-0.2, -0.15) is 0 Å². The van der Waals surface area contributed by atoms with Gasteiger partial charge in [-0.1, -0.05) is 25.6 Å². The van der Waals surface area contributed by atoms with E-state index in [4.69, 9.17) is 5.84 Å². The van der Waals surface area contributed by atoms with Crippen molar-refractivity contribution in [2.45, 2.75) is 25.4 Å². The molecule has 0 aliphatic carbocycles. The van der Waals surface area contributed by atoms with Crippen LogP contribution in [0.5, 0.6) is 0 Å². The van der Waals surface area contributed by atoms with Crippen LogP contribution in [0.4, 0.5) is 11.6 Å². The minimum atomic E-state index is 0.649. The van der Waals surface area contributed by atoms with Crippen molar-refractivity contribution in [3.05, 3.63) is 6.07 Å². The maximum Gasteiger partial charge on any atom is 0.191 e.